The Balaban J connectivity index is 2.80. The Morgan fingerprint density at radius 3 is 2.44 bits per heavy atom. The van der Waals surface area contributed by atoms with Gasteiger partial charge in [0.1, 0.15) is 0 Å². The van der Waals surface area contributed by atoms with Crippen molar-refractivity contribution in [1.29, 1.82) is 0 Å². The Hall–Kier alpha value is -0.340. The molecule has 0 radical (unpaired) electrons. The summed E-state index contributed by atoms with van der Waals surface area (Å²) in [6.45, 7) is 12.3. The van der Waals surface area contributed by atoms with Crippen molar-refractivity contribution in [3.05, 3.63) is 21.4 Å². The van der Waals surface area contributed by atoms with Crippen LogP contribution in [-0.2, 0) is 0 Å². The Morgan fingerprint density at radius 2 is 2.00 bits per heavy atom. The standard InChI is InChI=1S/C14H25NS/c1-6-10(3)8-13(15-7-2)14-11(4)9-12(5)16-14/h9-10,13,15H,6-8H2,1-5H3. The first-order chi connectivity index (χ1) is 7.58. The van der Waals surface area contributed by atoms with Crippen LogP contribution >= 0.6 is 11.3 Å². The SMILES string of the molecule is CCNC(CC(C)CC)c1sc(C)cc1C. The van der Waals surface area contributed by atoms with Crippen molar-refractivity contribution in [2.45, 2.75) is 53.5 Å². The summed E-state index contributed by atoms with van der Waals surface area (Å²) in [7, 11) is 0. The van der Waals surface area contributed by atoms with E-state index in [-0.39, 0.29) is 0 Å². The van der Waals surface area contributed by atoms with Crippen LogP contribution in [0.3, 0.4) is 0 Å². The van der Waals surface area contributed by atoms with Crippen LogP contribution in [-0.4, -0.2) is 6.54 Å². The second-order valence-electron chi connectivity index (χ2n) is 4.76. The van der Waals surface area contributed by atoms with Crippen molar-refractivity contribution in [2.24, 2.45) is 5.92 Å². The van der Waals surface area contributed by atoms with Gasteiger partial charge in [0.15, 0.2) is 0 Å². The summed E-state index contributed by atoms with van der Waals surface area (Å²) in [6.07, 6.45) is 2.52. The molecule has 1 aromatic rings. The number of thiophene rings is 1. The van der Waals surface area contributed by atoms with Crippen LogP contribution in [0, 0.1) is 19.8 Å². The molecular formula is C14H25NS. The van der Waals surface area contributed by atoms with Gasteiger partial charge in [-0.25, -0.2) is 0 Å². The summed E-state index contributed by atoms with van der Waals surface area (Å²) < 4.78 is 0. The van der Waals surface area contributed by atoms with Crippen LogP contribution in [0.15, 0.2) is 6.07 Å². The molecule has 0 bridgehead atoms. The van der Waals surface area contributed by atoms with E-state index in [1.165, 1.54) is 23.3 Å². The average Bonchev–Trinajstić information content (AvgIpc) is 2.57. The maximum absolute atomic E-state index is 3.63. The summed E-state index contributed by atoms with van der Waals surface area (Å²) in [5, 5.41) is 3.63. The minimum Gasteiger partial charge on any atom is -0.310 e. The molecule has 0 spiro atoms. The molecule has 2 atom stereocenters. The third-order valence-electron chi connectivity index (χ3n) is 3.18. The molecule has 1 nitrogen and oxygen atoms in total. The lowest BCUT2D eigenvalue weighted by molar-refractivity contribution is 0.411. The summed E-state index contributed by atoms with van der Waals surface area (Å²) in [6, 6.07) is 2.86. The molecule has 0 saturated heterocycles. The fourth-order valence-corrected chi connectivity index (χ4v) is 3.23. The lowest BCUT2D eigenvalue weighted by Gasteiger charge is -2.21. The predicted octanol–water partition coefficient (Wildman–Crippen LogP) is 4.45. The molecule has 0 aliphatic heterocycles. The van der Waals surface area contributed by atoms with Gasteiger partial charge < -0.3 is 5.32 Å². The first-order valence-corrected chi connectivity index (χ1v) is 7.20. The van der Waals surface area contributed by atoms with Gasteiger partial charge in [-0.15, -0.1) is 11.3 Å². The largest absolute Gasteiger partial charge is 0.310 e. The fourth-order valence-electron chi connectivity index (χ4n) is 2.10. The highest BCUT2D eigenvalue weighted by Gasteiger charge is 2.17. The molecule has 1 N–H and O–H groups in total. The van der Waals surface area contributed by atoms with Crippen molar-refractivity contribution in [2.75, 3.05) is 6.54 Å². The van der Waals surface area contributed by atoms with Gasteiger partial charge in [-0.2, -0.15) is 0 Å². The quantitative estimate of drug-likeness (QED) is 0.773. The topological polar surface area (TPSA) is 12.0 Å². The molecule has 1 rings (SSSR count). The molecule has 0 aliphatic carbocycles. The summed E-state index contributed by atoms with van der Waals surface area (Å²) in [4.78, 5) is 2.97. The maximum Gasteiger partial charge on any atom is 0.0420 e. The first kappa shape index (κ1) is 13.7. The first-order valence-electron chi connectivity index (χ1n) is 6.38. The molecule has 2 unspecified atom stereocenters. The van der Waals surface area contributed by atoms with Crippen LogP contribution < -0.4 is 5.32 Å². The van der Waals surface area contributed by atoms with Crippen LogP contribution in [0.2, 0.25) is 0 Å². The highest BCUT2D eigenvalue weighted by atomic mass is 32.1. The van der Waals surface area contributed by atoms with Crippen molar-refractivity contribution in [3.8, 4) is 0 Å². The molecule has 0 amide bonds. The van der Waals surface area contributed by atoms with E-state index in [9.17, 15) is 0 Å². The normalized spacial score (nSPS) is 15.1. The third-order valence-corrected chi connectivity index (χ3v) is 4.45. The molecule has 2 heteroatoms. The Kier molecular flexibility index (Phi) is 5.50. The summed E-state index contributed by atoms with van der Waals surface area (Å²) >= 11 is 1.95. The van der Waals surface area contributed by atoms with Gasteiger partial charge in [-0.05, 0) is 44.4 Å². The van der Waals surface area contributed by atoms with E-state index in [4.69, 9.17) is 0 Å². The van der Waals surface area contributed by atoms with Gasteiger partial charge in [0.05, 0.1) is 0 Å². The van der Waals surface area contributed by atoms with Crippen molar-refractivity contribution in [1.82, 2.24) is 5.32 Å². The predicted molar refractivity (Wildman–Crippen MR) is 74.3 cm³/mol. The van der Waals surface area contributed by atoms with E-state index >= 15 is 0 Å². The van der Waals surface area contributed by atoms with Crippen LogP contribution in [0.1, 0.15) is 55.0 Å². The Morgan fingerprint density at radius 1 is 1.31 bits per heavy atom. The van der Waals surface area contributed by atoms with E-state index in [0.717, 1.165) is 12.5 Å². The lowest BCUT2D eigenvalue weighted by Crippen LogP contribution is -2.22. The van der Waals surface area contributed by atoms with E-state index in [0.29, 0.717) is 6.04 Å². The third kappa shape index (κ3) is 3.60. The molecule has 0 saturated carbocycles. The molecule has 1 heterocycles. The zero-order valence-electron chi connectivity index (χ0n) is 11.3. The number of hydrogen-bond donors (Lipinski definition) is 1. The van der Waals surface area contributed by atoms with Crippen LogP contribution in [0.4, 0.5) is 0 Å². The Bertz CT molecular complexity index is 317. The molecule has 16 heavy (non-hydrogen) atoms. The number of hydrogen-bond acceptors (Lipinski definition) is 2. The highest BCUT2D eigenvalue weighted by molar-refractivity contribution is 7.12. The van der Waals surface area contributed by atoms with Gasteiger partial charge in [0.25, 0.3) is 0 Å². The number of nitrogens with one attached hydrogen (secondary N) is 1. The Labute approximate surface area is 104 Å². The minimum atomic E-state index is 0.554. The lowest BCUT2D eigenvalue weighted by atomic mass is 9.97. The van der Waals surface area contributed by atoms with E-state index in [1.807, 2.05) is 11.3 Å². The maximum atomic E-state index is 3.63. The molecule has 0 fully saturated rings. The number of aryl methyl sites for hydroxylation is 2. The van der Waals surface area contributed by atoms with Gasteiger partial charge in [-0.1, -0.05) is 27.2 Å². The van der Waals surface area contributed by atoms with Crippen molar-refractivity contribution >= 4 is 11.3 Å². The highest BCUT2D eigenvalue weighted by Crippen LogP contribution is 2.31. The van der Waals surface area contributed by atoms with Crippen molar-refractivity contribution < 1.29 is 0 Å². The molecule has 92 valence electrons. The zero-order valence-corrected chi connectivity index (χ0v) is 12.1. The number of rotatable bonds is 6. The van der Waals surface area contributed by atoms with E-state index < -0.39 is 0 Å². The molecule has 1 aromatic heterocycles. The molecule has 0 aromatic carbocycles. The van der Waals surface area contributed by atoms with Gasteiger partial charge in [0.2, 0.25) is 0 Å². The minimum absolute atomic E-state index is 0.554. The van der Waals surface area contributed by atoms with Crippen LogP contribution in [0.5, 0.6) is 0 Å². The monoisotopic (exact) mass is 239 g/mol. The second kappa shape index (κ2) is 6.41. The van der Waals surface area contributed by atoms with Gasteiger partial charge in [0, 0.05) is 15.8 Å². The van der Waals surface area contributed by atoms with Gasteiger partial charge in [-0.3, -0.25) is 0 Å². The van der Waals surface area contributed by atoms with E-state index in [2.05, 4.69) is 46.0 Å². The van der Waals surface area contributed by atoms with E-state index in [1.54, 1.807) is 4.88 Å². The molecule has 0 aliphatic rings. The summed E-state index contributed by atoms with van der Waals surface area (Å²) in [5.74, 6) is 0.797. The second-order valence-corrected chi connectivity index (χ2v) is 6.05. The van der Waals surface area contributed by atoms with Gasteiger partial charge >= 0.3 is 0 Å². The van der Waals surface area contributed by atoms with Crippen LogP contribution in [0.25, 0.3) is 0 Å². The smallest absolute Gasteiger partial charge is 0.0420 e. The fraction of sp³-hybridized carbons (Fsp3) is 0.714. The summed E-state index contributed by atoms with van der Waals surface area (Å²) in [5.41, 5.74) is 1.46. The zero-order chi connectivity index (χ0) is 12.1. The molecular weight excluding hydrogens is 214 g/mol. The van der Waals surface area contributed by atoms with Crippen molar-refractivity contribution in [3.63, 3.8) is 0 Å². The average molecular weight is 239 g/mol.